The molecule has 1 aromatic heterocycles. The van der Waals surface area contributed by atoms with Gasteiger partial charge in [-0.1, -0.05) is 6.07 Å². The Morgan fingerprint density at radius 1 is 1.00 bits per heavy atom. The van der Waals surface area contributed by atoms with Crippen molar-refractivity contribution in [1.29, 1.82) is 0 Å². The molecule has 1 saturated heterocycles. The van der Waals surface area contributed by atoms with E-state index in [-0.39, 0.29) is 28.8 Å². The number of likely N-dealkylation sites (tertiary alicyclic amines) is 1. The molecule has 0 spiro atoms. The largest absolute Gasteiger partial charge is 0.459 e. The normalized spacial score (nSPS) is 17.9. The Bertz CT molecular complexity index is 991. The second-order valence-corrected chi connectivity index (χ2v) is 9.15. The van der Waals surface area contributed by atoms with Crippen molar-refractivity contribution in [3.8, 4) is 0 Å². The maximum atomic E-state index is 12.6. The van der Waals surface area contributed by atoms with Crippen LogP contribution in [-0.4, -0.2) is 50.3 Å². The predicted octanol–water partition coefficient (Wildman–Crippen LogP) is 1.75. The number of piperidine rings is 1. The quantitative estimate of drug-likeness (QED) is 0.744. The number of carbonyl (C=O) groups is 2. The highest BCUT2D eigenvalue weighted by atomic mass is 32.2. The van der Waals surface area contributed by atoms with Crippen molar-refractivity contribution in [2.45, 2.75) is 42.7 Å². The number of rotatable bonds is 6. The second-order valence-electron chi connectivity index (χ2n) is 7.44. The summed E-state index contributed by atoms with van der Waals surface area (Å²) in [5.41, 5.74) is 0.303. The SMILES string of the molecule is O=C(NC1CCN(C(=O)c2ccco2)CC1)c1cccc(S(=O)(=O)NC2CC2)c1. The Morgan fingerprint density at radius 3 is 2.41 bits per heavy atom. The van der Waals surface area contributed by atoms with Crippen LogP contribution in [0.5, 0.6) is 0 Å². The van der Waals surface area contributed by atoms with Gasteiger partial charge in [0, 0.05) is 30.7 Å². The van der Waals surface area contributed by atoms with Crippen LogP contribution in [-0.2, 0) is 10.0 Å². The summed E-state index contributed by atoms with van der Waals surface area (Å²) < 4.78 is 32.5. The van der Waals surface area contributed by atoms with E-state index in [9.17, 15) is 18.0 Å². The lowest BCUT2D eigenvalue weighted by atomic mass is 10.0. The number of sulfonamides is 1. The zero-order valence-electron chi connectivity index (χ0n) is 15.8. The van der Waals surface area contributed by atoms with E-state index in [0.29, 0.717) is 37.3 Å². The molecule has 0 unspecified atom stereocenters. The van der Waals surface area contributed by atoms with Crippen molar-refractivity contribution >= 4 is 21.8 Å². The van der Waals surface area contributed by atoms with Crippen LogP contribution in [0.25, 0.3) is 0 Å². The number of nitrogens with zero attached hydrogens (tertiary/aromatic N) is 1. The van der Waals surface area contributed by atoms with Crippen molar-refractivity contribution in [2.24, 2.45) is 0 Å². The van der Waals surface area contributed by atoms with Crippen LogP contribution in [0.2, 0.25) is 0 Å². The summed E-state index contributed by atoms with van der Waals surface area (Å²) >= 11 is 0. The maximum absolute atomic E-state index is 12.6. The molecule has 2 fully saturated rings. The number of carbonyl (C=O) groups excluding carboxylic acids is 2. The van der Waals surface area contributed by atoms with Gasteiger partial charge in [0.1, 0.15) is 0 Å². The molecule has 29 heavy (non-hydrogen) atoms. The monoisotopic (exact) mass is 417 g/mol. The third-order valence-corrected chi connectivity index (χ3v) is 6.67. The molecular weight excluding hydrogens is 394 g/mol. The maximum Gasteiger partial charge on any atom is 0.289 e. The van der Waals surface area contributed by atoms with E-state index in [2.05, 4.69) is 10.0 Å². The first kappa shape index (κ1) is 19.7. The Labute approximate surface area is 169 Å². The third kappa shape index (κ3) is 4.68. The van der Waals surface area contributed by atoms with Crippen LogP contribution in [0.4, 0.5) is 0 Å². The fourth-order valence-electron chi connectivity index (χ4n) is 3.34. The fraction of sp³-hybridized carbons (Fsp3) is 0.400. The Balaban J connectivity index is 1.34. The molecule has 1 saturated carbocycles. The average molecular weight is 417 g/mol. The molecule has 2 heterocycles. The van der Waals surface area contributed by atoms with Gasteiger partial charge >= 0.3 is 0 Å². The van der Waals surface area contributed by atoms with Crippen molar-refractivity contribution in [3.05, 3.63) is 54.0 Å². The molecule has 9 heteroatoms. The number of hydrogen-bond donors (Lipinski definition) is 2. The van der Waals surface area contributed by atoms with E-state index in [1.165, 1.54) is 18.4 Å². The van der Waals surface area contributed by atoms with Gasteiger partial charge < -0.3 is 14.6 Å². The zero-order valence-corrected chi connectivity index (χ0v) is 16.7. The lowest BCUT2D eigenvalue weighted by Crippen LogP contribution is -2.46. The number of furan rings is 1. The standard InChI is InChI=1S/C20H23N3O5S/c24-19(14-3-1-4-17(13-14)29(26,27)22-16-6-7-16)21-15-8-10-23(11-9-15)20(25)18-5-2-12-28-18/h1-5,12-13,15-16,22H,6-11H2,(H,21,24). The molecule has 1 aromatic carbocycles. The van der Waals surface area contributed by atoms with E-state index >= 15 is 0 Å². The molecule has 8 nitrogen and oxygen atoms in total. The number of nitrogens with one attached hydrogen (secondary N) is 2. The molecule has 0 atom stereocenters. The average Bonchev–Trinajstić information content (AvgIpc) is 3.35. The van der Waals surface area contributed by atoms with E-state index in [0.717, 1.165) is 12.8 Å². The van der Waals surface area contributed by atoms with Gasteiger partial charge in [-0.3, -0.25) is 9.59 Å². The van der Waals surface area contributed by atoms with Crippen LogP contribution in [0.3, 0.4) is 0 Å². The molecule has 2 amide bonds. The fourth-order valence-corrected chi connectivity index (χ4v) is 4.70. The summed E-state index contributed by atoms with van der Waals surface area (Å²) in [7, 11) is -3.61. The van der Waals surface area contributed by atoms with Crippen LogP contribution in [0, 0.1) is 0 Å². The molecule has 154 valence electrons. The van der Waals surface area contributed by atoms with Gasteiger partial charge in [-0.05, 0) is 56.0 Å². The van der Waals surface area contributed by atoms with Gasteiger partial charge in [-0.2, -0.15) is 0 Å². The van der Waals surface area contributed by atoms with E-state index in [1.807, 2.05) is 0 Å². The molecule has 1 aliphatic carbocycles. The Morgan fingerprint density at radius 2 is 1.76 bits per heavy atom. The lowest BCUT2D eigenvalue weighted by Gasteiger charge is -2.31. The molecule has 2 N–H and O–H groups in total. The minimum absolute atomic E-state index is 0.00607. The van der Waals surface area contributed by atoms with Crippen LogP contribution in [0.15, 0.2) is 52.0 Å². The highest BCUT2D eigenvalue weighted by Gasteiger charge is 2.29. The molecule has 1 aliphatic heterocycles. The van der Waals surface area contributed by atoms with Crippen molar-refractivity contribution in [2.75, 3.05) is 13.1 Å². The highest BCUT2D eigenvalue weighted by Crippen LogP contribution is 2.22. The van der Waals surface area contributed by atoms with Gasteiger partial charge in [0.2, 0.25) is 10.0 Å². The van der Waals surface area contributed by atoms with Gasteiger partial charge in [0.05, 0.1) is 11.2 Å². The Kier molecular flexibility index (Phi) is 5.42. The smallest absolute Gasteiger partial charge is 0.289 e. The topological polar surface area (TPSA) is 109 Å². The lowest BCUT2D eigenvalue weighted by molar-refractivity contribution is 0.0667. The summed E-state index contributed by atoms with van der Waals surface area (Å²) in [6, 6.07) is 9.29. The first-order valence-electron chi connectivity index (χ1n) is 9.68. The Hall–Kier alpha value is -2.65. The first-order chi connectivity index (χ1) is 13.9. The van der Waals surface area contributed by atoms with Gasteiger partial charge in [-0.25, -0.2) is 13.1 Å². The molecule has 2 aromatic rings. The molecule has 0 radical (unpaired) electrons. The van der Waals surface area contributed by atoms with Crippen molar-refractivity contribution in [3.63, 3.8) is 0 Å². The van der Waals surface area contributed by atoms with Gasteiger partial charge in [-0.15, -0.1) is 0 Å². The first-order valence-corrected chi connectivity index (χ1v) is 11.2. The predicted molar refractivity (Wildman–Crippen MR) is 105 cm³/mol. The summed E-state index contributed by atoms with van der Waals surface area (Å²) in [4.78, 5) is 26.7. The van der Waals surface area contributed by atoms with Crippen molar-refractivity contribution < 1.29 is 22.4 Å². The summed E-state index contributed by atoms with van der Waals surface area (Å²) in [5, 5.41) is 2.95. The minimum atomic E-state index is -3.61. The number of hydrogen-bond acceptors (Lipinski definition) is 5. The summed E-state index contributed by atoms with van der Waals surface area (Å²) in [6.07, 6.45) is 4.41. The van der Waals surface area contributed by atoms with Gasteiger partial charge in [0.15, 0.2) is 5.76 Å². The molecule has 0 bridgehead atoms. The summed E-state index contributed by atoms with van der Waals surface area (Å²) in [5.74, 6) is -0.157. The molecule has 4 rings (SSSR count). The van der Waals surface area contributed by atoms with Crippen LogP contribution < -0.4 is 10.0 Å². The van der Waals surface area contributed by atoms with E-state index < -0.39 is 10.0 Å². The third-order valence-electron chi connectivity index (χ3n) is 5.16. The van der Waals surface area contributed by atoms with E-state index in [1.54, 1.807) is 29.2 Å². The molecular formula is C20H23N3O5S. The molecule has 2 aliphatic rings. The van der Waals surface area contributed by atoms with Gasteiger partial charge in [0.25, 0.3) is 11.8 Å². The van der Waals surface area contributed by atoms with Crippen molar-refractivity contribution in [1.82, 2.24) is 14.9 Å². The van der Waals surface area contributed by atoms with Crippen LogP contribution >= 0.6 is 0 Å². The number of benzene rings is 1. The number of amides is 2. The second kappa shape index (κ2) is 8.00. The minimum Gasteiger partial charge on any atom is -0.459 e. The zero-order chi connectivity index (χ0) is 20.4. The highest BCUT2D eigenvalue weighted by molar-refractivity contribution is 7.89. The van der Waals surface area contributed by atoms with E-state index in [4.69, 9.17) is 4.42 Å². The van der Waals surface area contributed by atoms with Crippen LogP contribution in [0.1, 0.15) is 46.6 Å². The summed E-state index contributed by atoms with van der Waals surface area (Å²) in [6.45, 7) is 1.04.